The van der Waals surface area contributed by atoms with Gasteiger partial charge in [-0.3, -0.25) is 14.9 Å². The molecule has 1 atom stereocenters. The van der Waals surface area contributed by atoms with Gasteiger partial charge >= 0.3 is 12.0 Å². The average molecular weight is 336 g/mol. The van der Waals surface area contributed by atoms with Crippen LogP contribution in [0.15, 0.2) is 17.2 Å². The topological polar surface area (TPSA) is 93.5 Å². The zero-order chi connectivity index (χ0) is 17.9. The first-order valence-corrected chi connectivity index (χ1v) is 7.98. The van der Waals surface area contributed by atoms with Crippen molar-refractivity contribution < 1.29 is 14.3 Å². The van der Waals surface area contributed by atoms with Crippen molar-refractivity contribution in [3.05, 3.63) is 22.7 Å². The van der Waals surface area contributed by atoms with Crippen molar-refractivity contribution in [1.82, 2.24) is 14.5 Å². The minimum absolute atomic E-state index is 0.0237. The maximum Gasteiger partial charge on any atom is 0.323 e. The molecule has 8 nitrogen and oxygen atoms in total. The van der Waals surface area contributed by atoms with Crippen molar-refractivity contribution in [2.75, 3.05) is 18.4 Å². The van der Waals surface area contributed by atoms with Gasteiger partial charge in [-0.2, -0.15) is 0 Å². The van der Waals surface area contributed by atoms with Crippen LogP contribution in [0.1, 0.15) is 33.6 Å². The second kappa shape index (κ2) is 7.02. The molecule has 2 rings (SSSR count). The molecule has 1 aliphatic heterocycles. The molecule has 0 aromatic carbocycles. The second-order valence-corrected chi connectivity index (χ2v) is 6.94. The van der Waals surface area contributed by atoms with E-state index < -0.39 is 11.6 Å². The summed E-state index contributed by atoms with van der Waals surface area (Å²) in [5.41, 5.74) is -0.937. The number of nitrogens with one attached hydrogen (secondary N) is 1. The number of hydrogen-bond acceptors (Lipinski definition) is 5. The Kier molecular flexibility index (Phi) is 5.26. The summed E-state index contributed by atoms with van der Waals surface area (Å²) in [5, 5.41) is 2.52. The van der Waals surface area contributed by atoms with E-state index in [1.54, 1.807) is 7.05 Å². The van der Waals surface area contributed by atoms with E-state index in [1.165, 1.54) is 21.9 Å². The van der Waals surface area contributed by atoms with E-state index in [-0.39, 0.29) is 29.8 Å². The molecule has 0 aliphatic carbocycles. The Morgan fingerprint density at radius 3 is 2.75 bits per heavy atom. The molecule has 1 aromatic heterocycles. The number of carbonyl (C=O) groups is 2. The smallest absolute Gasteiger partial charge is 0.323 e. The number of aromatic nitrogens is 2. The molecule has 1 N–H and O–H groups in total. The fourth-order valence-corrected chi connectivity index (χ4v) is 2.50. The van der Waals surface area contributed by atoms with Crippen LogP contribution in [0.3, 0.4) is 0 Å². The lowest BCUT2D eigenvalue weighted by Crippen LogP contribution is -2.46. The molecule has 1 saturated heterocycles. The summed E-state index contributed by atoms with van der Waals surface area (Å²) >= 11 is 0. The molecule has 2 heterocycles. The Balaban J connectivity index is 2.01. The first-order valence-electron chi connectivity index (χ1n) is 7.98. The molecule has 0 bridgehead atoms. The number of hydrogen-bond donors (Lipinski definition) is 1. The minimum Gasteiger partial charge on any atom is -0.460 e. The first kappa shape index (κ1) is 18.0. The maximum atomic E-state index is 12.4. The van der Waals surface area contributed by atoms with Crippen LogP contribution < -0.4 is 10.9 Å². The molecule has 0 saturated carbocycles. The summed E-state index contributed by atoms with van der Waals surface area (Å²) in [6, 6.07) is -0.431. The third-order valence-corrected chi connectivity index (χ3v) is 3.69. The largest absolute Gasteiger partial charge is 0.460 e. The van der Waals surface area contributed by atoms with Crippen molar-refractivity contribution in [1.29, 1.82) is 0 Å². The molecule has 0 radical (unpaired) electrons. The third-order valence-electron chi connectivity index (χ3n) is 3.69. The second-order valence-electron chi connectivity index (χ2n) is 6.94. The van der Waals surface area contributed by atoms with Gasteiger partial charge in [-0.1, -0.05) is 0 Å². The number of urea groups is 1. The van der Waals surface area contributed by atoms with E-state index >= 15 is 0 Å². The number of esters is 1. The van der Waals surface area contributed by atoms with Crippen molar-refractivity contribution in [2.24, 2.45) is 13.0 Å². The molecule has 1 aliphatic rings. The lowest BCUT2D eigenvalue weighted by molar-refractivity contribution is -0.161. The highest BCUT2D eigenvalue weighted by atomic mass is 16.6. The van der Waals surface area contributed by atoms with Crippen LogP contribution >= 0.6 is 0 Å². The number of ether oxygens (including phenoxy) is 1. The highest BCUT2D eigenvalue weighted by Crippen LogP contribution is 2.21. The van der Waals surface area contributed by atoms with Crippen molar-refractivity contribution in [3.8, 4) is 0 Å². The number of nitrogens with zero attached hydrogens (tertiary/aromatic N) is 3. The zero-order valence-electron chi connectivity index (χ0n) is 14.5. The molecule has 0 spiro atoms. The summed E-state index contributed by atoms with van der Waals surface area (Å²) < 4.78 is 6.73. The standard InChI is InChI=1S/C16H24N4O4/c1-16(2,3)24-14(22)11-6-5-8-20(10-11)15(23)18-12-13(21)19(4)9-7-17-12/h7,9,11H,5-6,8,10H2,1-4H3,(H,17,18,23)/t11-/m0/s1. The van der Waals surface area contributed by atoms with Gasteiger partial charge in [0.2, 0.25) is 5.82 Å². The summed E-state index contributed by atoms with van der Waals surface area (Å²) in [6.45, 7) is 6.24. The summed E-state index contributed by atoms with van der Waals surface area (Å²) in [4.78, 5) is 41.9. The molecule has 0 unspecified atom stereocenters. The number of likely N-dealkylation sites (tertiary alicyclic amines) is 1. The lowest BCUT2D eigenvalue weighted by atomic mass is 9.98. The fourth-order valence-electron chi connectivity index (χ4n) is 2.50. The Morgan fingerprint density at radius 1 is 1.38 bits per heavy atom. The number of piperidine rings is 1. The summed E-state index contributed by atoms with van der Waals surface area (Å²) in [6.07, 6.45) is 4.34. The zero-order valence-corrected chi connectivity index (χ0v) is 14.5. The van der Waals surface area contributed by atoms with Crippen molar-refractivity contribution >= 4 is 17.8 Å². The van der Waals surface area contributed by atoms with E-state index in [4.69, 9.17) is 4.74 Å². The molecular formula is C16H24N4O4. The van der Waals surface area contributed by atoms with Crippen LogP contribution in [0.25, 0.3) is 0 Å². The van der Waals surface area contributed by atoms with Gasteiger partial charge in [-0.15, -0.1) is 0 Å². The van der Waals surface area contributed by atoms with Crippen LogP contribution in [0.5, 0.6) is 0 Å². The van der Waals surface area contributed by atoms with E-state index in [9.17, 15) is 14.4 Å². The minimum atomic E-state index is -0.554. The third kappa shape index (κ3) is 4.56. The van der Waals surface area contributed by atoms with Crippen LogP contribution in [-0.4, -0.2) is 45.1 Å². The molecule has 1 fully saturated rings. The molecule has 24 heavy (non-hydrogen) atoms. The Hall–Kier alpha value is -2.38. The number of aryl methyl sites for hydroxylation is 1. The lowest BCUT2D eigenvalue weighted by Gasteiger charge is -2.33. The quantitative estimate of drug-likeness (QED) is 0.823. The molecule has 1 aromatic rings. The summed E-state index contributed by atoms with van der Waals surface area (Å²) in [5.74, 6) is -0.673. The number of rotatable bonds is 2. The van der Waals surface area contributed by atoms with Crippen molar-refractivity contribution in [2.45, 2.75) is 39.2 Å². The fraction of sp³-hybridized carbons (Fsp3) is 0.625. The van der Waals surface area contributed by atoms with Crippen LogP contribution in [0.2, 0.25) is 0 Å². The molecule has 8 heteroatoms. The van der Waals surface area contributed by atoms with E-state index in [1.807, 2.05) is 20.8 Å². The van der Waals surface area contributed by atoms with E-state index in [2.05, 4.69) is 10.3 Å². The first-order chi connectivity index (χ1) is 11.2. The van der Waals surface area contributed by atoms with Crippen LogP contribution in [-0.2, 0) is 16.6 Å². The average Bonchev–Trinajstić information content (AvgIpc) is 2.50. The van der Waals surface area contributed by atoms with Gasteiger partial charge in [-0.05, 0) is 33.6 Å². The predicted molar refractivity (Wildman–Crippen MR) is 88.6 cm³/mol. The van der Waals surface area contributed by atoms with Gasteiger partial charge in [0, 0.05) is 32.5 Å². The summed E-state index contributed by atoms with van der Waals surface area (Å²) in [7, 11) is 1.58. The van der Waals surface area contributed by atoms with Gasteiger partial charge in [0.05, 0.1) is 5.92 Å². The predicted octanol–water partition coefficient (Wildman–Crippen LogP) is 1.37. The highest BCUT2D eigenvalue weighted by Gasteiger charge is 2.31. The van der Waals surface area contributed by atoms with Gasteiger partial charge in [0.15, 0.2) is 0 Å². The Labute approximate surface area is 140 Å². The van der Waals surface area contributed by atoms with Gasteiger partial charge in [0.25, 0.3) is 5.56 Å². The maximum absolute atomic E-state index is 12.4. The van der Waals surface area contributed by atoms with Crippen LogP contribution in [0.4, 0.5) is 10.6 Å². The van der Waals surface area contributed by atoms with Gasteiger partial charge < -0.3 is 14.2 Å². The van der Waals surface area contributed by atoms with Crippen LogP contribution in [0, 0.1) is 5.92 Å². The SMILES string of the molecule is Cn1ccnc(NC(=O)N2CCC[C@H](C(=O)OC(C)(C)C)C2)c1=O. The van der Waals surface area contributed by atoms with Gasteiger partial charge in [-0.25, -0.2) is 9.78 Å². The monoisotopic (exact) mass is 336 g/mol. The number of carbonyl (C=O) groups excluding carboxylic acids is 2. The number of anilines is 1. The van der Waals surface area contributed by atoms with E-state index in [0.717, 1.165) is 0 Å². The van der Waals surface area contributed by atoms with E-state index in [0.29, 0.717) is 19.4 Å². The highest BCUT2D eigenvalue weighted by molar-refractivity contribution is 5.88. The molecular weight excluding hydrogens is 312 g/mol. The molecule has 132 valence electrons. The number of amides is 2. The normalized spacial score (nSPS) is 18.2. The molecule has 2 amide bonds. The van der Waals surface area contributed by atoms with Gasteiger partial charge in [0.1, 0.15) is 5.60 Å². The Morgan fingerprint density at radius 2 is 2.08 bits per heavy atom. The Bertz CT molecular complexity index is 677. The van der Waals surface area contributed by atoms with Crippen molar-refractivity contribution in [3.63, 3.8) is 0 Å².